The van der Waals surface area contributed by atoms with Crippen LogP contribution in [0.25, 0.3) is 10.9 Å². The molecule has 31 heavy (non-hydrogen) atoms. The number of amides is 2. The molecular formula is C26H23N3O2. The first-order valence-electron chi connectivity index (χ1n) is 10.3. The van der Waals surface area contributed by atoms with E-state index in [4.69, 9.17) is 0 Å². The number of carbonyl (C=O) groups is 2. The molecule has 2 amide bonds. The third-order valence-electron chi connectivity index (χ3n) is 6.15. The summed E-state index contributed by atoms with van der Waals surface area (Å²) in [4.78, 5) is 27.9. The topological polar surface area (TPSA) is 54.3 Å². The lowest BCUT2D eigenvalue weighted by Gasteiger charge is -2.26. The number of aromatic nitrogens is 1. The smallest absolute Gasteiger partial charge is 0.255 e. The Morgan fingerprint density at radius 1 is 0.935 bits per heavy atom. The van der Waals surface area contributed by atoms with Gasteiger partial charge in [-0.25, -0.2) is 0 Å². The number of benzene rings is 3. The summed E-state index contributed by atoms with van der Waals surface area (Å²) in [5, 5.41) is 4.01. The molecule has 5 nitrogen and oxygen atoms in total. The van der Waals surface area contributed by atoms with Crippen molar-refractivity contribution in [2.45, 2.75) is 13.0 Å². The average Bonchev–Trinajstić information content (AvgIpc) is 3.20. The van der Waals surface area contributed by atoms with Crippen LogP contribution in [-0.4, -0.2) is 27.8 Å². The Labute approximate surface area is 180 Å². The van der Waals surface area contributed by atoms with E-state index in [-0.39, 0.29) is 24.4 Å². The quantitative estimate of drug-likeness (QED) is 0.533. The summed E-state index contributed by atoms with van der Waals surface area (Å²) in [6.45, 7) is 2.05. The minimum atomic E-state index is -0.309. The van der Waals surface area contributed by atoms with E-state index in [1.54, 1.807) is 4.90 Å². The van der Waals surface area contributed by atoms with Gasteiger partial charge in [0.05, 0.1) is 6.04 Å². The van der Waals surface area contributed by atoms with Crippen molar-refractivity contribution in [3.05, 3.63) is 101 Å². The van der Waals surface area contributed by atoms with Crippen molar-refractivity contribution < 1.29 is 9.59 Å². The molecule has 1 N–H and O–H groups in total. The van der Waals surface area contributed by atoms with Crippen LogP contribution in [0.4, 0.5) is 5.69 Å². The predicted molar refractivity (Wildman–Crippen MR) is 122 cm³/mol. The highest BCUT2D eigenvalue weighted by molar-refractivity contribution is 6.04. The molecule has 1 aliphatic rings. The first-order valence-corrected chi connectivity index (χ1v) is 10.3. The Morgan fingerprint density at radius 3 is 2.42 bits per heavy atom. The molecule has 0 radical (unpaired) electrons. The number of nitrogens with one attached hydrogen (secondary N) is 1. The molecule has 0 aliphatic carbocycles. The Bertz CT molecular complexity index is 1310. The summed E-state index contributed by atoms with van der Waals surface area (Å²) < 4.78 is 2.15. The van der Waals surface area contributed by atoms with Crippen LogP contribution < -0.4 is 5.32 Å². The lowest BCUT2D eigenvalue weighted by atomic mass is 9.95. The average molecular weight is 409 g/mol. The fourth-order valence-electron chi connectivity index (χ4n) is 4.62. The third kappa shape index (κ3) is 3.10. The van der Waals surface area contributed by atoms with Crippen LogP contribution in [0.2, 0.25) is 0 Å². The van der Waals surface area contributed by atoms with Crippen molar-refractivity contribution in [1.29, 1.82) is 0 Å². The van der Waals surface area contributed by atoms with Crippen LogP contribution in [0.3, 0.4) is 0 Å². The fraction of sp³-hybridized carbons (Fsp3) is 0.154. The van der Waals surface area contributed by atoms with Crippen molar-refractivity contribution in [2.75, 3.05) is 11.9 Å². The summed E-state index contributed by atoms with van der Waals surface area (Å²) >= 11 is 0. The molecule has 2 heterocycles. The highest BCUT2D eigenvalue weighted by Crippen LogP contribution is 2.43. The van der Waals surface area contributed by atoms with Crippen molar-refractivity contribution in [3.8, 4) is 0 Å². The van der Waals surface area contributed by atoms with E-state index in [0.29, 0.717) is 5.56 Å². The van der Waals surface area contributed by atoms with Gasteiger partial charge in [0, 0.05) is 40.5 Å². The second-order valence-electron chi connectivity index (χ2n) is 7.91. The summed E-state index contributed by atoms with van der Waals surface area (Å²) in [5.74, 6) is -0.327. The van der Waals surface area contributed by atoms with Crippen molar-refractivity contribution in [2.24, 2.45) is 7.05 Å². The van der Waals surface area contributed by atoms with E-state index in [1.807, 2.05) is 73.8 Å². The number of hydrogen-bond donors (Lipinski definition) is 1. The normalized spacial score (nSPS) is 15.4. The number of nitrogens with zero attached hydrogens (tertiary/aromatic N) is 2. The number of carbonyl (C=O) groups excluding carboxylic acids is 2. The van der Waals surface area contributed by atoms with Crippen LogP contribution in [-0.2, 0) is 11.8 Å². The molecule has 0 fully saturated rings. The lowest BCUT2D eigenvalue weighted by molar-refractivity contribution is -0.117. The van der Waals surface area contributed by atoms with Crippen LogP contribution in [0.5, 0.6) is 0 Å². The van der Waals surface area contributed by atoms with E-state index in [2.05, 4.69) is 28.9 Å². The van der Waals surface area contributed by atoms with Crippen molar-refractivity contribution >= 4 is 28.4 Å². The van der Waals surface area contributed by atoms with E-state index in [9.17, 15) is 9.59 Å². The highest BCUT2D eigenvalue weighted by Gasteiger charge is 2.40. The summed E-state index contributed by atoms with van der Waals surface area (Å²) in [5.41, 5.74) is 5.59. The van der Waals surface area contributed by atoms with Gasteiger partial charge in [-0.3, -0.25) is 9.59 Å². The van der Waals surface area contributed by atoms with Gasteiger partial charge in [-0.05, 0) is 36.8 Å². The highest BCUT2D eigenvalue weighted by atomic mass is 16.2. The first kappa shape index (κ1) is 19.1. The number of para-hydroxylation sites is 2. The molecule has 0 saturated carbocycles. The van der Waals surface area contributed by atoms with Gasteiger partial charge in [-0.1, -0.05) is 54.6 Å². The van der Waals surface area contributed by atoms with Crippen LogP contribution in [0.1, 0.15) is 33.2 Å². The minimum Gasteiger partial charge on any atom is -0.348 e. The van der Waals surface area contributed by atoms with Gasteiger partial charge in [-0.2, -0.15) is 0 Å². The van der Waals surface area contributed by atoms with Gasteiger partial charge in [-0.15, -0.1) is 0 Å². The molecule has 1 aliphatic heterocycles. The standard InChI is InChI=1S/C26H23N3O2/c1-17-24(21-14-8-9-15-22(21)28(17)2)25-19-12-6-7-13-20(19)26(31)29(25)16-23(30)27-18-10-4-3-5-11-18/h3-15,25H,16H2,1-2H3,(H,27,30)/t25-/m1/s1. The maximum absolute atomic E-state index is 13.4. The van der Waals surface area contributed by atoms with Crippen LogP contribution in [0, 0.1) is 6.92 Å². The zero-order valence-corrected chi connectivity index (χ0v) is 17.5. The van der Waals surface area contributed by atoms with Crippen LogP contribution >= 0.6 is 0 Å². The minimum absolute atomic E-state index is 0.0181. The SMILES string of the molecule is Cc1c([C@H]2c3ccccc3C(=O)N2CC(=O)Nc2ccccc2)c2ccccc2n1C. The Balaban J connectivity index is 1.59. The molecule has 0 saturated heterocycles. The Morgan fingerprint density at radius 2 is 1.61 bits per heavy atom. The number of hydrogen-bond acceptors (Lipinski definition) is 2. The Hall–Kier alpha value is -3.86. The first-order chi connectivity index (χ1) is 15.1. The predicted octanol–water partition coefficient (Wildman–Crippen LogP) is 4.67. The third-order valence-corrected chi connectivity index (χ3v) is 6.15. The van der Waals surface area contributed by atoms with Gasteiger partial charge in [0.2, 0.25) is 5.91 Å². The second-order valence-corrected chi connectivity index (χ2v) is 7.91. The zero-order chi connectivity index (χ0) is 21.5. The molecule has 154 valence electrons. The lowest BCUT2D eigenvalue weighted by Crippen LogP contribution is -2.36. The zero-order valence-electron chi connectivity index (χ0n) is 17.5. The number of fused-ring (bicyclic) bond motifs is 2. The molecule has 0 bridgehead atoms. The summed E-state index contributed by atoms with van der Waals surface area (Å²) in [7, 11) is 2.04. The van der Waals surface area contributed by atoms with E-state index < -0.39 is 0 Å². The van der Waals surface area contributed by atoms with E-state index in [0.717, 1.165) is 33.4 Å². The molecule has 0 unspecified atom stereocenters. The summed E-state index contributed by atoms with van der Waals surface area (Å²) in [6, 6.07) is 24.9. The molecule has 5 heteroatoms. The number of anilines is 1. The van der Waals surface area contributed by atoms with Gasteiger partial charge in [0.25, 0.3) is 5.91 Å². The molecule has 1 atom stereocenters. The fourth-order valence-corrected chi connectivity index (χ4v) is 4.62. The van der Waals surface area contributed by atoms with Gasteiger partial charge in [0.15, 0.2) is 0 Å². The van der Waals surface area contributed by atoms with Gasteiger partial charge in [0.1, 0.15) is 6.54 Å². The van der Waals surface area contributed by atoms with Crippen molar-refractivity contribution in [3.63, 3.8) is 0 Å². The number of rotatable bonds is 4. The maximum atomic E-state index is 13.4. The van der Waals surface area contributed by atoms with E-state index >= 15 is 0 Å². The van der Waals surface area contributed by atoms with Gasteiger partial charge >= 0.3 is 0 Å². The molecule has 4 aromatic rings. The Kier molecular flexibility index (Phi) is 4.59. The van der Waals surface area contributed by atoms with Gasteiger partial charge < -0.3 is 14.8 Å². The molecule has 3 aromatic carbocycles. The number of aryl methyl sites for hydroxylation is 1. The molecule has 0 spiro atoms. The largest absolute Gasteiger partial charge is 0.348 e. The van der Waals surface area contributed by atoms with E-state index in [1.165, 1.54) is 0 Å². The molecule has 5 rings (SSSR count). The van der Waals surface area contributed by atoms with Crippen LogP contribution in [0.15, 0.2) is 78.9 Å². The van der Waals surface area contributed by atoms with Crippen molar-refractivity contribution in [1.82, 2.24) is 9.47 Å². The monoisotopic (exact) mass is 409 g/mol. The molecular weight excluding hydrogens is 386 g/mol. The molecule has 1 aromatic heterocycles. The second kappa shape index (κ2) is 7.43. The maximum Gasteiger partial charge on any atom is 0.255 e. The summed E-state index contributed by atoms with van der Waals surface area (Å²) in [6.07, 6.45) is 0.